The number of ether oxygens (including phenoxy) is 1. The number of benzene rings is 2. The summed E-state index contributed by atoms with van der Waals surface area (Å²) in [6, 6.07) is 11.4. The fourth-order valence-electron chi connectivity index (χ4n) is 3.01. The maximum atomic E-state index is 12.5. The van der Waals surface area contributed by atoms with Crippen molar-refractivity contribution in [3.05, 3.63) is 59.7 Å². The molecule has 28 heavy (non-hydrogen) atoms. The molecule has 0 spiro atoms. The van der Waals surface area contributed by atoms with Crippen LogP contribution >= 0.6 is 56.8 Å². The van der Waals surface area contributed by atoms with Gasteiger partial charge < -0.3 is 9.64 Å². The number of halogens is 3. The summed E-state index contributed by atoms with van der Waals surface area (Å²) in [5.41, 5.74) is 1.82. The molecule has 5 nitrogen and oxygen atoms in total. The summed E-state index contributed by atoms with van der Waals surface area (Å²) in [5, 5.41) is 0.740. The Balaban J connectivity index is 1.49. The van der Waals surface area contributed by atoms with E-state index in [1.54, 1.807) is 12.1 Å². The molecule has 0 radical (unpaired) electrons. The zero-order valence-corrected chi connectivity index (χ0v) is 20.1. The molecule has 2 aromatic rings. The Kier molecular flexibility index (Phi) is 7.95. The molecule has 1 aliphatic rings. The normalized spacial score (nSPS) is 14.8. The van der Waals surface area contributed by atoms with Crippen molar-refractivity contribution in [2.24, 2.45) is 0 Å². The number of hydrogen-bond acceptors (Lipinski definition) is 4. The summed E-state index contributed by atoms with van der Waals surface area (Å²) >= 11 is 10.2. The molecule has 0 unspecified atom stereocenters. The van der Waals surface area contributed by atoms with Gasteiger partial charge in [-0.3, -0.25) is 14.5 Å². The fraction of sp³-hybridized carbons (Fsp3) is 0.300. The van der Waals surface area contributed by atoms with Crippen LogP contribution in [-0.2, 0) is 11.3 Å². The zero-order valence-electron chi connectivity index (χ0n) is 15.0. The van der Waals surface area contributed by atoms with Gasteiger partial charge in [0.1, 0.15) is 12.0 Å². The Morgan fingerprint density at radius 1 is 1.07 bits per heavy atom. The van der Waals surface area contributed by atoms with Gasteiger partial charge in [-0.2, -0.15) is 0 Å². The minimum atomic E-state index is -0.0165. The first-order valence-electron chi connectivity index (χ1n) is 8.78. The molecule has 0 aromatic heterocycles. The Labute approximate surface area is 196 Å². The van der Waals surface area contributed by atoms with Crippen LogP contribution in [0.1, 0.15) is 15.9 Å². The molecule has 3 rings (SSSR count). The molecule has 0 saturated carbocycles. The number of rotatable bonds is 6. The maximum absolute atomic E-state index is 12.5. The van der Waals surface area contributed by atoms with Crippen LogP contribution < -0.4 is 4.74 Å². The van der Waals surface area contributed by atoms with E-state index < -0.39 is 0 Å². The van der Waals surface area contributed by atoms with Gasteiger partial charge in [-0.15, -0.1) is 0 Å². The van der Waals surface area contributed by atoms with E-state index in [4.69, 9.17) is 16.3 Å². The van der Waals surface area contributed by atoms with E-state index in [9.17, 15) is 9.59 Å². The van der Waals surface area contributed by atoms with E-state index >= 15 is 0 Å². The third-order valence-electron chi connectivity index (χ3n) is 4.54. The van der Waals surface area contributed by atoms with Crippen LogP contribution in [0, 0.1) is 7.14 Å². The van der Waals surface area contributed by atoms with Crippen molar-refractivity contribution in [2.75, 3.05) is 32.8 Å². The minimum Gasteiger partial charge on any atom is -0.482 e. The van der Waals surface area contributed by atoms with E-state index in [-0.39, 0.29) is 12.5 Å². The van der Waals surface area contributed by atoms with Crippen molar-refractivity contribution < 1.29 is 14.3 Å². The first-order valence-corrected chi connectivity index (χ1v) is 11.3. The lowest BCUT2D eigenvalue weighted by Gasteiger charge is -2.34. The van der Waals surface area contributed by atoms with Gasteiger partial charge in [0.25, 0.3) is 5.91 Å². The molecule has 0 N–H and O–H groups in total. The van der Waals surface area contributed by atoms with Crippen molar-refractivity contribution in [1.29, 1.82) is 0 Å². The molecular weight excluding hydrogens is 605 g/mol. The van der Waals surface area contributed by atoms with Crippen molar-refractivity contribution in [3.8, 4) is 5.75 Å². The van der Waals surface area contributed by atoms with Gasteiger partial charge in [-0.25, -0.2) is 0 Å². The topological polar surface area (TPSA) is 49.9 Å². The van der Waals surface area contributed by atoms with Crippen molar-refractivity contribution >= 4 is 69.0 Å². The average molecular weight is 625 g/mol. The second-order valence-corrected chi connectivity index (χ2v) is 9.26. The maximum Gasteiger partial charge on any atom is 0.260 e. The molecule has 8 heteroatoms. The standard InChI is InChI=1S/C20H19ClI2N2O3/c21-16-3-1-14(2-4-16)11-24-5-7-25(8-6-24)19(27)13-28-20-17(22)9-15(12-26)10-18(20)23/h1-4,9-10,12H,5-8,11,13H2. The predicted molar refractivity (Wildman–Crippen MR) is 126 cm³/mol. The summed E-state index contributed by atoms with van der Waals surface area (Å²) in [6.07, 6.45) is 0.808. The molecular formula is C20H19ClI2N2O3. The Bertz CT molecular complexity index is 830. The second-order valence-electron chi connectivity index (χ2n) is 6.50. The molecule has 0 atom stereocenters. The number of piperazine rings is 1. The molecule has 1 aliphatic heterocycles. The van der Waals surface area contributed by atoms with E-state index in [2.05, 4.69) is 50.1 Å². The molecule has 1 saturated heterocycles. The van der Waals surface area contributed by atoms with E-state index in [1.807, 2.05) is 29.2 Å². The summed E-state index contributed by atoms with van der Waals surface area (Å²) in [5.74, 6) is 0.638. The highest BCUT2D eigenvalue weighted by Crippen LogP contribution is 2.28. The van der Waals surface area contributed by atoms with E-state index in [0.717, 1.165) is 38.1 Å². The molecule has 148 valence electrons. The third kappa shape index (κ3) is 5.80. The van der Waals surface area contributed by atoms with Crippen molar-refractivity contribution in [1.82, 2.24) is 9.80 Å². The molecule has 1 amide bonds. The number of aldehydes is 1. The Hall–Kier alpha value is -0.910. The SMILES string of the molecule is O=Cc1cc(I)c(OCC(=O)N2CCN(Cc3ccc(Cl)cc3)CC2)c(I)c1. The minimum absolute atomic E-state index is 0.00359. The zero-order chi connectivity index (χ0) is 20.1. The lowest BCUT2D eigenvalue weighted by molar-refractivity contribution is -0.135. The van der Waals surface area contributed by atoms with Crippen LogP contribution in [-0.4, -0.2) is 54.8 Å². The summed E-state index contributed by atoms with van der Waals surface area (Å²) < 4.78 is 7.42. The second kappa shape index (κ2) is 10.2. The van der Waals surface area contributed by atoms with Crippen LogP contribution in [0.25, 0.3) is 0 Å². The Morgan fingerprint density at radius 2 is 1.68 bits per heavy atom. The highest BCUT2D eigenvalue weighted by Gasteiger charge is 2.22. The van der Waals surface area contributed by atoms with Crippen LogP contribution in [0.4, 0.5) is 0 Å². The van der Waals surface area contributed by atoms with Crippen LogP contribution in [0.3, 0.4) is 0 Å². The quantitative estimate of drug-likeness (QED) is 0.359. The van der Waals surface area contributed by atoms with Gasteiger partial charge >= 0.3 is 0 Å². The molecule has 1 fully saturated rings. The third-order valence-corrected chi connectivity index (χ3v) is 6.40. The summed E-state index contributed by atoms with van der Waals surface area (Å²) in [7, 11) is 0. The van der Waals surface area contributed by atoms with Gasteiger partial charge in [0.15, 0.2) is 6.61 Å². The lowest BCUT2D eigenvalue weighted by Crippen LogP contribution is -2.49. The van der Waals surface area contributed by atoms with Gasteiger partial charge in [0.05, 0.1) is 7.14 Å². The predicted octanol–water partition coefficient (Wildman–Crippen LogP) is 4.08. The lowest BCUT2D eigenvalue weighted by atomic mass is 10.2. The van der Waals surface area contributed by atoms with E-state index in [1.165, 1.54) is 5.56 Å². The van der Waals surface area contributed by atoms with Crippen LogP contribution in [0.2, 0.25) is 5.02 Å². The highest BCUT2D eigenvalue weighted by atomic mass is 127. The first kappa shape index (κ1) is 21.8. The first-order chi connectivity index (χ1) is 13.5. The number of amides is 1. The summed E-state index contributed by atoms with van der Waals surface area (Å²) in [6.45, 7) is 3.90. The number of carbonyl (C=O) groups is 2. The molecule has 0 aliphatic carbocycles. The number of carbonyl (C=O) groups excluding carboxylic acids is 2. The molecule has 1 heterocycles. The number of nitrogens with zero attached hydrogens (tertiary/aromatic N) is 2. The molecule has 0 bridgehead atoms. The summed E-state index contributed by atoms with van der Waals surface area (Å²) in [4.78, 5) is 27.6. The number of hydrogen-bond donors (Lipinski definition) is 0. The van der Waals surface area contributed by atoms with Gasteiger partial charge in [0.2, 0.25) is 0 Å². The van der Waals surface area contributed by atoms with Crippen molar-refractivity contribution in [2.45, 2.75) is 6.54 Å². The fourth-order valence-corrected chi connectivity index (χ4v) is 5.27. The molecule has 2 aromatic carbocycles. The largest absolute Gasteiger partial charge is 0.482 e. The van der Waals surface area contributed by atoms with Crippen LogP contribution in [0.15, 0.2) is 36.4 Å². The smallest absolute Gasteiger partial charge is 0.260 e. The van der Waals surface area contributed by atoms with E-state index in [0.29, 0.717) is 24.4 Å². The van der Waals surface area contributed by atoms with Crippen LogP contribution in [0.5, 0.6) is 5.75 Å². The Morgan fingerprint density at radius 3 is 2.25 bits per heavy atom. The van der Waals surface area contributed by atoms with Crippen molar-refractivity contribution in [3.63, 3.8) is 0 Å². The highest BCUT2D eigenvalue weighted by molar-refractivity contribution is 14.1. The average Bonchev–Trinajstić information content (AvgIpc) is 2.69. The monoisotopic (exact) mass is 624 g/mol. The van der Waals surface area contributed by atoms with Gasteiger partial charge in [-0.1, -0.05) is 23.7 Å². The van der Waals surface area contributed by atoms with Gasteiger partial charge in [0, 0.05) is 43.3 Å². The van der Waals surface area contributed by atoms with Gasteiger partial charge in [-0.05, 0) is 75.0 Å².